The fourth-order valence-electron chi connectivity index (χ4n) is 1.47. The number of aromatic nitrogens is 1. The predicted molar refractivity (Wildman–Crippen MR) is 69.2 cm³/mol. The Labute approximate surface area is 107 Å². The van der Waals surface area contributed by atoms with Gasteiger partial charge in [0.05, 0.1) is 6.54 Å². The number of carbonyl (C=O) groups excluding carboxylic acids is 1. The average molecular weight is 292 g/mol. The Hall–Kier alpha value is -1.68. The van der Waals surface area contributed by atoms with Crippen molar-refractivity contribution in [3.8, 4) is 0 Å². The molecule has 0 bridgehead atoms. The minimum absolute atomic E-state index is 0.00921. The van der Waals surface area contributed by atoms with Gasteiger partial charge in [-0.15, -0.1) is 0 Å². The molecule has 0 N–H and O–H groups in total. The van der Waals surface area contributed by atoms with Crippen LogP contribution in [-0.2, 0) is 6.54 Å². The molecule has 0 radical (unpaired) electrons. The van der Waals surface area contributed by atoms with Crippen LogP contribution >= 0.6 is 15.9 Å². The van der Waals surface area contributed by atoms with Gasteiger partial charge in [0.2, 0.25) is 0 Å². The lowest BCUT2D eigenvalue weighted by atomic mass is 10.1. The Morgan fingerprint density at radius 2 is 1.88 bits per heavy atom. The molecular formula is C13H10BrNO2. The van der Waals surface area contributed by atoms with E-state index in [2.05, 4.69) is 15.9 Å². The molecule has 0 aliphatic heterocycles. The van der Waals surface area contributed by atoms with Crippen molar-refractivity contribution in [3.63, 3.8) is 0 Å². The topological polar surface area (TPSA) is 39.1 Å². The van der Waals surface area contributed by atoms with Crippen LogP contribution in [0.2, 0.25) is 0 Å². The third-order valence-electron chi connectivity index (χ3n) is 2.33. The molecule has 1 aromatic carbocycles. The van der Waals surface area contributed by atoms with Gasteiger partial charge in [-0.2, -0.15) is 0 Å². The van der Waals surface area contributed by atoms with Gasteiger partial charge in [-0.1, -0.05) is 28.1 Å². The van der Waals surface area contributed by atoms with E-state index in [0.29, 0.717) is 5.56 Å². The number of ketones is 1. The Kier molecular flexibility index (Phi) is 3.54. The van der Waals surface area contributed by atoms with E-state index >= 15 is 0 Å². The molecule has 2 aromatic rings. The molecule has 0 atom stereocenters. The highest BCUT2D eigenvalue weighted by atomic mass is 79.9. The smallest absolute Gasteiger partial charge is 0.182 e. The molecule has 0 spiro atoms. The molecule has 0 unspecified atom stereocenters. The standard InChI is InChI=1S/C13H10BrNO2/c14-11-3-1-2-10(8-11)13(17)9-15-6-4-12(16)5-7-15/h1-8H,9H2. The molecular weight excluding hydrogens is 282 g/mol. The number of hydrogen-bond donors (Lipinski definition) is 0. The summed E-state index contributed by atoms with van der Waals surface area (Å²) in [6, 6.07) is 10.1. The number of hydrogen-bond acceptors (Lipinski definition) is 2. The summed E-state index contributed by atoms with van der Waals surface area (Å²) in [5, 5.41) is 0. The second kappa shape index (κ2) is 5.10. The molecule has 3 nitrogen and oxygen atoms in total. The van der Waals surface area contributed by atoms with Gasteiger partial charge < -0.3 is 4.57 Å². The first kappa shape index (κ1) is 11.8. The summed E-state index contributed by atoms with van der Waals surface area (Å²) in [7, 11) is 0. The van der Waals surface area contributed by atoms with Crippen LogP contribution in [-0.4, -0.2) is 10.4 Å². The zero-order chi connectivity index (χ0) is 12.3. The first-order chi connectivity index (χ1) is 8.15. The minimum atomic E-state index is -0.0591. The molecule has 0 aliphatic rings. The first-order valence-electron chi connectivity index (χ1n) is 5.10. The molecule has 4 heteroatoms. The Morgan fingerprint density at radius 3 is 2.53 bits per heavy atom. The average Bonchev–Trinajstić information content (AvgIpc) is 2.32. The van der Waals surface area contributed by atoms with Crippen molar-refractivity contribution < 1.29 is 4.79 Å². The number of Topliss-reactive ketones (excluding diaryl/α,β-unsaturated/α-hetero) is 1. The van der Waals surface area contributed by atoms with Gasteiger partial charge >= 0.3 is 0 Å². The lowest BCUT2D eigenvalue weighted by molar-refractivity contribution is 0.0972. The number of carbonyl (C=O) groups is 1. The third-order valence-corrected chi connectivity index (χ3v) is 2.83. The van der Waals surface area contributed by atoms with Crippen molar-refractivity contribution in [1.82, 2.24) is 4.57 Å². The highest BCUT2D eigenvalue weighted by Gasteiger charge is 2.05. The molecule has 17 heavy (non-hydrogen) atoms. The number of halogens is 1. The van der Waals surface area contributed by atoms with Gasteiger partial charge in [-0.05, 0) is 12.1 Å². The zero-order valence-electron chi connectivity index (χ0n) is 8.97. The summed E-state index contributed by atoms with van der Waals surface area (Å²) < 4.78 is 2.56. The van der Waals surface area contributed by atoms with E-state index in [1.165, 1.54) is 12.1 Å². The van der Waals surface area contributed by atoms with Crippen LogP contribution in [0, 0.1) is 0 Å². The van der Waals surface area contributed by atoms with Crippen molar-refractivity contribution >= 4 is 21.7 Å². The number of nitrogens with zero attached hydrogens (tertiary/aromatic N) is 1. The summed E-state index contributed by atoms with van der Waals surface area (Å²) in [5.41, 5.74) is 0.592. The predicted octanol–water partition coefficient (Wildman–Crippen LogP) is 2.49. The van der Waals surface area contributed by atoms with E-state index < -0.39 is 0 Å². The van der Waals surface area contributed by atoms with Gasteiger partial charge in [0, 0.05) is 34.6 Å². The van der Waals surface area contributed by atoms with E-state index in [-0.39, 0.29) is 17.8 Å². The molecule has 86 valence electrons. The first-order valence-corrected chi connectivity index (χ1v) is 5.89. The van der Waals surface area contributed by atoms with Gasteiger partial charge in [0.15, 0.2) is 11.2 Å². The van der Waals surface area contributed by atoms with Gasteiger partial charge in [0.25, 0.3) is 0 Å². The van der Waals surface area contributed by atoms with Crippen molar-refractivity contribution in [2.75, 3.05) is 0 Å². The van der Waals surface area contributed by atoms with Crippen LogP contribution in [0.1, 0.15) is 10.4 Å². The summed E-state index contributed by atoms with van der Waals surface area (Å²) in [6.07, 6.45) is 3.22. The Bertz CT molecular complexity index is 584. The van der Waals surface area contributed by atoms with E-state index in [1.54, 1.807) is 29.1 Å². The molecule has 0 aliphatic carbocycles. The van der Waals surface area contributed by atoms with E-state index in [9.17, 15) is 9.59 Å². The number of pyridine rings is 1. The maximum Gasteiger partial charge on any atom is 0.182 e. The lowest BCUT2D eigenvalue weighted by Crippen LogP contribution is -2.12. The normalized spacial score (nSPS) is 10.2. The maximum atomic E-state index is 11.9. The fraction of sp³-hybridized carbons (Fsp3) is 0.0769. The summed E-state index contributed by atoms with van der Waals surface area (Å²) in [6.45, 7) is 0.233. The van der Waals surface area contributed by atoms with Crippen molar-refractivity contribution in [3.05, 3.63) is 69.1 Å². The van der Waals surface area contributed by atoms with Gasteiger partial charge in [0.1, 0.15) is 0 Å². The lowest BCUT2D eigenvalue weighted by Gasteiger charge is -2.05. The Morgan fingerprint density at radius 1 is 1.18 bits per heavy atom. The largest absolute Gasteiger partial charge is 0.346 e. The highest BCUT2D eigenvalue weighted by molar-refractivity contribution is 9.10. The molecule has 2 rings (SSSR count). The van der Waals surface area contributed by atoms with Crippen molar-refractivity contribution in [2.24, 2.45) is 0 Å². The van der Waals surface area contributed by atoms with Gasteiger partial charge in [-0.25, -0.2) is 0 Å². The van der Waals surface area contributed by atoms with Crippen LogP contribution in [0.15, 0.2) is 58.1 Å². The van der Waals surface area contributed by atoms with E-state index in [1.807, 2.05) is 12.1 Å². The number of benzene rings is 1. The van der Waals surface area contributed by atoms with Gasteiger partial charge in [-0.3, -0.25) is 9.59 Å². The molecule has 1 heterocycles. The zero-order valence-corrected chi connectivity index (χ0v) is 10.6. The monoisotopic (exact) mass is 291 g/mol. The third kappa shape index (κ3) is 3.14. The van der Waals surface area contributed by atoms with Crippen LogP contribution in [0.25, 0.3) is 0 Å². The molecule has 0 saturated carbocycles. The maximum absolute atomic E-state index is 11.9. The molecule has 0 fully saturated rings. The molecule has 0 saturated heterocycles. The second-order valence-electron chi connectivity index (χ2n) is 3.64. The van der Waals surface area contributed by atoms with Crippen molar-refractivity contribution in [2.45, 2.75) is 6.54 Å². The summed E-state index contributed by atoms with van der Waals surface area (Å²) >= 11 is 3.33. The second-order valence-corrected chi connectivity index (χ2v) is 4.56. The van der Waals surface area contributed by atoms with E-state index in [4.69, 9.17) is 0 Å². The van der Waals surface area contributed by atoms with E-state index in [0.717, 1.165) is 4.47 Å². The number of rotatable bonds is 3. The summed E-state index contributed by atoms with van der Waals surface area (Å²) in [4.78, 5) is 22.8. The van der Waals surface area contributed by atoms with Crippen LogP contribution in [0.4, 0.5) is 0 Å². The quantitative estimate of drug-likeness (QED) is 0.815. The SMILES string of the molecule is O=C(Cn1ccc(=O)cc1)c1cccc(Br)c1. The van der Waals surface area contributed by atoms with Crippen molar-refractivity contribution in [1.29, 1.82) is 0 Å². The van der Waals surface area contributed by atoms with Crippen LogP contribution in [0.5, 0.6) is 0 Å². The molecule has 1 aromatic heterocycles. The fourth-order valence-corrected chi connectivity index (χ4v) is 1.87. The van der Waals surface area contributed by atoms with Crippen LogP contribution in [0.3, 0.4) is 0 Å². The highest BCUT2D eigenvalue weighted by Crippen LogP contribution is 2.12. The summed E-state index contributed by atoms with van der Waals surface area (Å²) in [5.74, 6) is 0.00921. The Balaban J connectivity index is 2.17. The van der Waals surface area contributed by atoms with Crippen LogP contribution < -0.4 is 5.43 Å². The minimum Gasteiger partial charge on any atom is -0.346 e. The molecule has 0 amide bonds.